The van der Waals surface area contributed by atoms with Gasteiger partial charge in [-0.2, -0.15) is 0 Å². The molecule has 0 saturated carbocycles. The van der Waals surface area contributed by atoms with Crippen molar-refractivity contribution in [2.24, 2.45) is 0 Å². The highest BCUT2D eigenvalue weighted by Crippen LogP contribution is 2.34. The molecule has 3 aromatic carbocycles. The lowest BCUT2D eigenvalue weighted by Gasteiger charge is -2.29. The van der Waals surface area contributed by atoms with E-state index in [9.17, 15) is 0 Å². The van der Waals surface area contributed by atoms with E-state index in [-0.39, 0.29) is 0 Å². The van der Waals surface area contributed by atoms with Gasteiger partial charge in [0, 0.05) is 29.0 Å². The van der Waals surface area contributed by atoms with Crippen molar-refractivity contribution >= 4 is 22.9 Å². The molecule has 3 aromatic rings. The minimum Gasteiger partial charge on any atom is -0.343 e. The van der Waals surface area contributed by atoms with Crippen LogP contribution < -0.4 is 4.90 Å². The fourth-order valence-corrected chi connectivity index (χ4v) is 3.15. The van der Waals surface area contributed by atoms with Crippen LogP contribution in [0.1, 0.15) is 16.7 Å². The second-order valence-corrected chi connectivity index (χ2v) is 6.11. The Hall–Kier alpha value is -2.51. The van der Waals surface area contributed by atoms with Gasteiger partial charge in [-0.05, 0) is 41.0 Å². The van der Waals surface area contributed by atoms with E-state index >= 15 is 0 Å². The first-order valence-corrected chi connectivity index (χ1v) is 8.07. The second-order valence-electron chi connectivity index (χ2n) is 5.67. The minimum absolute atomic E-state index is 0.762. The van der Waals surface area contributed by atoms with Gasteiger partial charge in [0.1, 0.15) is 0 Å². The number of para-hydroxylation sites is 1. The van der Waals surface area contributed by atoms with Gasteiger partial charge in [-0.15, -0.1) is 0 Å². The van der Waals surface area contributed by atoms with Crippen LogP contribution in [0.15, 0.2) is 85.1 Å². The van der Waals surface area contributed by atoms with Crippen LogP contribution in [-0.4, -0.2) is 0 Å². The zero-order valence-corrected chi connectivity index (χ0v) is 13.4. The fraction of sp³-hybridized carbons (Fsp3) is 0.0476. The van der Waals surface area contributed by atoms with Gasteiger partial charge in [0.2, 0.25) is 0 Å². The van der Waals surface area contributed by atoms with E-state index in [4.69, 9.17) is 11.6 Å². The van der Waals surface area contributed by atoms with E-state index in [0.717, 1.165) is 11.6 Å². The van der Waals surface area contributed by atoms with E-state index in [1.807, 2.05) is 18.2 Å². The van der Waals surface area contributed by atoms with Crippen molar-refractivity contribution in [1.82, 2.24) is 0 Å². The zero-order valence-electron chi connectivity index (χ0n) is 12.6. The van der Waals surface area contributed by atoms with E-state index in [1.54, 1.807) is 0 Å². The maximum atomic E-state index is 6.05. The van der Waals surface area contributed by atoms with Crippen molar-refractivity contribution in [3.8, 4) is 0 Å². The molecule has 1 nitrogen and oxygen atoms in total. The Morgan fingerprint density at radius 3 is 2.22 bits per heavy atom. The summed E-state index contributed by atoms with van der Waals surface area (Å²) in [5.74, 6) is 0. The van der Waals surface area contributed by atoms with Gasteiger partial charge in [0.25, 0.3) is 0 Å². The maximum Gasteiger partial charge on any atom is 0.0482 e. The SMILES string of the molecule is Clc1ccc(C2=CN(c3ccccc3)Cc3ccccc32)cc1. The summed E-state index contributed by atoms with van der Waals surface area (Å²) in [5.41, 5.74) is 6.24. The summed E-state index contributed by atoms with van der Waals surface area (Å²) in [4.78, 5) is 2.30. The topological polar surface area (TPSA) is 3.24 Å². The summed E-state index contributed by atoms with van der Waals surface area (Å²) in [6.07, 6.45) is 2.24. The van der Waals surface area contributed by atoms with Crippen LogP contribution in [-0.2, 0) is 6.54 Å². The molecule has 0 spiro atoms. The predicted molar refractivity (Wildman–Crippen MR) is 97.6 cm³/mol. The quantitative estimate of drug-likeness (QED) is 0.581. The number of rotatable bonds is 2. The van der Waals surface area contributed by atoms with Crippen LogP contribution in [0.2, 0.25) is 5.02 Å². The Labute approximate surface area is 141 Å². The first-order valence-electron chi connectivity index (χ1n) is 7.69. The van der Waals surface area contributed by atoms with Crippen molar-refractivity contribution in [2.75, 3.05) is 4.90 Å². The number of benzene rings is 3. The van der Waals surface area contributed by atoms with Crippen molar-refractivity contribution in [3.05, 3.63) is 107 Å². The molecule has 0 saturated heterocycles. The van der Waals surface area contributed by atoms with Crippen LogP contribution in [0, 0.1) is 0 Å². The highest BCUT2D eigenvalue weighted by molar-refractivity contribution is 6.30. The number of nitrogens with zero attached hydrogens (tertiary/aromatic N) is 1. The highest BCUT2D eigenvalue weighted by Gasteiger charge is 2.18. The summed E-state index contributed by atoms with van der Waals surface area (Å²) in [6, 6.07) is 27.1. The lowest BCUT2D eigenvalue weighted by Crippen LogP contribution is -2.21. The van der Waals surface area contributed by atoms with Crippen LogP contribution in [0.5, 0.6) is 0 Å². The summed E-state index contributed by atoms with van der Waals surface area (Å²) in [5, 5.41) is 0.762. The number of fused-ring (bicyclic) bond motifs is 1. The normalized spacial score (nSPS) is 13.4. The summed E-state index contributed by atoms with van der Waals surface area (Å²) < 4.78 is 0. The minimum atomic E-state index is 0.762. The summed E-state index contributed by atoms with van der Waals surface area (Å²) in [7, 11) is 0. The van der Waals surface area contributed by atoms with Crippen LogP contribution in [0.3, 0.4) is 0 Å². The van der Waals surface area contributed by atoms with Crippen LogP contribution in [0.4, 0.5) is 5.69 Å². The van der Waals surface area contributed by atoms with Crippen LogP contribution >= 0.6 is 11.6 Å². The number of hydrogen-bond acceptors (Lipinski definition) is 1. The monoisotopic (exact) mass is 317 g/mol. The first-order chi connectivity index (χ1) is 11.3. The molecule has 0 radical (unpaired) electrons. The summed E-state index contributed by atoms with van der Waals surface area (Å²) >= 11 is 6.05. The molecule has 112 valence electrons. The van der Waals surface area contributed by atoms with Gasteiger partial charge in [-0.1, -0.05) is 66.2 Å². The Morgan fingerprint density at radius 1 is 0.739 bits per heavy atom. The standard InChI is InChI=1S/C21H16ClN/c22-18-12-10-16(11-13-18)21-15-23(19-7-2-1-3-8-19)14-17-6-4-5-9-20(17)21/h1-13,15H,14H2. The molecule has 0 aliphatic carbocycles. The van der Waals surface area contributed by atoms with Gasteiger partial charge in [0.15, 0.2) is 0 Å². The average molecular weight is 318 g/mol. The molecule has 0 unspecified atom stereocenters. The first kappa shape index (κ1) is 14.1. The van der Waals surface area contributed by atoms with Gasteiger partial charge in [-0.25, -0.2) is 0 Å². The molecule has 4 rings (SSSR count). The molecule has 1 aliphatic rings. The molecule has 0 N–H and O–H groups in total. The van der Waals surface area contributed by atoms with Crippen LogP contribution in [0.25, 0.3) is 5.57 Å². The van der Waals surface area contributed by atoms with Gasteiger partial charge >= 0.3 is 0 Å². The maximum absolute atomic E-state index is 6.05. The van der Waals surface area contributed by atoms with E-state index in [0.29, 0.717) is 0 Å². The lowest BCUT2D eigenvalue weighted by molar-refractivity contribution is 0.947. The van der Waals surface area contributed by atoms with Crippen molar-refractivity contribution in [2.45, 2.75) is 6.54 Å². The zero-order chi connectivity index (χ0) is 15.6. The lowest BCUT2D eigenvalue weighted by atomic mass is 9.91. The average Bonchev–Trinajstić information content (AvgIpc) is 2.62. The van der Waals surface area contributed by atoms with Crippen molar-refractivity contribution in [3.63, 3.8) is 0 Å². The third-order valence-electron chi connectivity index (χ3n) is 4.18. The highest BCUT2D eigenvalue weighted by atomic mass is 35.5. The van der Waals surface area contributed by atoms with Crippen molar-refractivity contribution < 1.29 is 0 Å². The smallest absolute Gasteiger partial charge is 0.0482 e. The van der Waals surface area contributed by atoms with E-state index in [1.165, 1.54) is 28.0 Å². The molecule has 1 aliphatic heterocycles. The van der Waals surface area contributed by atoms with Crippen molar-refractivity contribution in [1.29, 1.82) is 0 Å². The Morgan fingerprint density at radius 2 is 1.43 bits per heavy atom. The number of hydrogen-bond donors (Lipinski definition) is 0. The Kier molecular flexibility index (Phi) is 3.64. The molecule has 23 heavy (non-hydrogen) atoms. The predicted octanol–water partition coefficient (Wildman–Crippen LogP) is 5.75. The molecule has 2 heteroatoms. The molecule has 0 atom stereocenters. The fourth-order valence-electron chi connectivity index (χ4n) is 3.02. The molecule has 0 aromatic heterocycles. The molecule has 0 fully saturated rings. The molecular formula is C21H16ClN. The molecule has 1 heterocycles. The number of halogens is 1. The third kappa shape index (κ3) is 2.76. The largest absolute Gasteiger partial charge is 0.343 e. The van der Waals surface area contributed by atoms with E-state index in [2.05, 4.69) is 71.8 Å². The second kappa shape index (κ2) is 5.94. The van der Waals surface area contributed by atoms with Gasteiger partial charge in [0.05, 0.1) is 0 Å². The summed E-state index contributed by atoms with van der Waals surface area (Å²) in [6.45, 7) is 0.886. The number of anilines is 1. The van der Waals surface area contributed by atoms with E-state index < -0.39 is 0 Å². The van der Waals surface area contributed by atoms with Gasteiger partial charge < -0.3 is 4.90 Å². The molecular weight excluding hydrogens is 302 g/mol. The molecule has 0 amide bonds. The molecule has 0 bridgehead atoms. The Balaban J connectivity index is 1.85. The Bertz CT molecular complexity index is 851. The third-order valence-corrected chi connectivity index (χ3v) is 4.43. The van der Waals surface area contributed by atoms with Gasteiger partial charge in [-0.3, -0.25) is 0 Å².